The third kappa shape index (κ3) is 5.04. The molecule has 0 amide bonds. The molecule has 0 aliphatic carbocycles. The van der Waals surface area contributed by atoms with Gasteiger partial charge < -0.3 is 0 Å². The van der Waals surface area contributed by atoms with Gasteiger partial charge in [0.05, 0.1) is 22.9 Å². The quantitative estimate of drug-likeness (QED) is 0.566. The lowest BCUT2D eigenvalue weighted by Crippen LogP contribution is -2.27. The number of hydrogen-bond donors (Lipinski definition) is 1. The van der Waals surface area contributed by atoms with Gasteiger partial charge in [0, 0.05) is 12.1 Å². The molecular weight excluding hydrogens is 472 g/mol. The first-order chi connectivity index (χ1) is 15.5. The Labute approximate surface area is 190 Å². The number of anilines is 1. The van der Waals surface area contributed by atoms with E-state index in [-0.39, 0.29) is 11.3 Å². The molecular formula is C22H19F2N3O4S2. The summed E-state index contributed by atoms with van der Waals surface area (Å²) in [5, 5.41) is 4.32. The molecule has 0 bridgehead atoms. The molecule has 7 nitrogen and oxygen atoms in total. The summed E-state index contributed by atoms with van der Waals surface area (Å²) in [7, 11) is -7.72. The smallest absolute Gasteiger partial charge is 0.279 e. The first kappa shape index (κ1) is 22.9. The lowest BCUT2D eigenvalue weighted by Gasteiger charge is -2.23. The molecule has 0 saturated carbocycles. The highest BCUT2D eigenvalue weighted by Crippen LogP contribution is 2.37. The Balaban J connectivity index is 1.79. The predicted octanol–water partition coefficient (Wildman–Crippen LogP) is 3.88. The van der Waals surface area contributed by atoms with E-state index in [1.165, 1.54) is 24.3 Å². The fraction of sp³-hybridized carbons (Fsp3) is 0.136. The molecule has 0 saturated heterocycles. The first-order valence-electron chi connectivity index (χ1n) is 9.74. The minimum atomic E-state index is -4.20. The molecule has 1 aliphatic heterocycles. The van der Waals surface area contributed by atoms with Crippen LogP contribution in [0.25, 0.3) is 0 Å². The summed E-state index contributed by atoms with van der Waals surface area (Å²) in [4.78, 5) is -0.164. The Bertz CT molecular complexity index is 1440. The van der Waals surface area contributed by atoms with Crippen LogP contribution in [0.3, 0.4) is 0 Å². The standard InChI is InChI=1S/C22H19F2N3O4S2/c1-32(28,29)26-19-7-3-4-15(13-19)21-14-22(16-5-2-6-18(24)12-16)27(25-21)33(30,31)20-10-8-17(23)9-11-20/h2-13,22,26H,14H2,1H3. The van der Waals surface area contributed by atoms with E-state index in [0.29, 0.717) is 22.5 Å². The molecule has 1 unspecified atom stereocenters. The van der Waals surface area contributed by atoms with Crippen LogP contribution in [0, 0.1) is 11.6 Å². The largest absolute Gasteiger partial charge is 0.284 e. The van der Waals surface area contributed by atoms with Gasteiger partial charge in [-0.05, 0) is 59.7 Å². The third-order valence-electron chi connectivity index (χ3n) is 4.96. The number of sulfonamides is 2. The van der Waals surface area contributed by atoms with Crippen molar-refractivity contribution in [2.75, 3.05) is 11.0 Å². The number of nitrogens with zero attached hydrogens (tertiary/aromatic N) is 2. The van der Waals surface area contributed by atoms with Gasteiger partial charge in [0.15, 0.2) is 0 Å². The summed E-state index contributed by atoms with van der Waals surface area (Å²) in [6, 6.07) is 15.4. The van der Waals surface area contributed by atoms with Crippen LogP contribution >= 0.6 is 0 Å². The monoisotopic (exact) mass is 491 g/mol. The van der Waals surface area contributed by atoms with Gasteiger partial charge in [0.25, 0.3) is 10.0 Å². The van der Waals surface area contributed by atoms with Crippen LogP contribution in [0.1, 0.15) is 23.6 Å². The normalized spacial score (nSPS) is 16.5. The van der Waals surface area contributed by atoms with Gasteiger partial charge >= 0.3 is 0 Å². The SMILES string of the molecule is CS(=O)(=O)Nc1cccc(C2=NN(S(=O)(=O)c3ccc(F)cc3)C(c3cccc(F)c3)C2)c1. The highest BCUT2D eigenvalue weighted by molar-refractivity contribution is 7.92. The maximum atomic E-state index is 13.9. The van der Waals surface area contributed by atoms with Crippen molar-refractivity contribution in [3.8, 4) is 0 Å². The van der Waals surface area contributed by atoms with E-state index in [1.807, 2.05) is 0 Å². The van der Waals surface area contributed by atoms with Crippen molar-refractivity contribution in [3.63, 3.8) is 0 Å². The number of rotatable bonds is 6. The predicted molar refractivity (Wildman–Crippen MR) is 121 cm³/mol. The molecule has 0 spiro atoms. The van der Waals surface area contributed by atoms with Crippen LogP contribution in [0.2, 0.25) is 0 Å². The fourth-order valence-corrected chi connectivity index (χ4v) is 5.53. The molecule has 33 heavy (non-hydrogen) atoms. The minimum absolute atomic E-state index is 0.117. The number of benzene rings is 3. The second-order valence-electron chi connectivity index (χ2n) is 7.51. The number of halogens is 2. The van der Waals surface area contributed by atoms with Crippen LogP contribution < -0.4 is 4.72 Å². The van der Waals surface area contributed by atoms with E-state index in [0.717, 1.165) is 34.9 Å². The maximum absolute atomic E-state index is 13.9. The van der Waals surface area contributed by atoms with Crippen molar-refractivity contribution < 1.29 is 25.6 Å². The van der Waals surface area contributed by atoms with Gasteiger partial charge in [-0.15, -0.1) is 0 Å². The van der Waals surface area contributed by atoms with Gasteiger partial charge in [-0.25, -0.2) is 17.2 Å². The van der Waals surface area contributed by atoms with Gasteiger partial charge in [0.2, 0.25) is 10.0 Å². The van der Waals surface area contributed by atoms with Crippen molar-refractivity contribution in [2.45, 2.75) is 17.4 Å². The maximum Gasteiger partial charge on any atom is 0.279 e. The highest BCUT2D eigenvalue weighted by atomic mass is 32.2. The summed E-state index contributed by atoms with van der Waals surface area (Å²) in [5.41, 5.74) is 1.55. The zero-order valence-electron chi connectivity index (χ0n) is 17.3. The molecule has 1 heterocycles. The molecule has 0 aromatic heterocycles. The molecule has 0 radical (unpaired) electrons. The zero-order chi connectivity index (χ0) is 23.8. The molecule has 3 aromatic rings. The summed E-state index contributed by atoms with van der Waals surface area (Å²) in [6.45, 7) is 0. The molecule has 4 rings (SSSR count). The number of hydrazone groups is 1. The van der Waals surface area contributed by atoms with Crippen molar-refractivity contribution in [1.29, 1.82) is 0 Å². The first-order valence-corrected chi connectivity index (χ1v) is 13.1. The van der Waals surface area contributed by atoms with Crippen LogP contribution in [0.4, 0.5) is 14.5 Å². The second kappa shape index (κ2) is 8.56. The van der Waals surface area contributed by atoms with Crippen molar-refractivity contribution in [2.24, 2.45) is 5.10 Å². The topological polar surface area (TPSA) is 95.9 Å². The average molecular weight is 492 g/mol. The van der Waals surface area contributed by atoms with Gasteiger partial charge in [-0.1, -0.05) is 24.3 Å². The lowest BCUT2D eigenvalue weighted by atomic mass is 9.99. The minimum Gasteiger partial charge on any atom is -0.284 e. The summed E-state index contributed by atoms with van der Waals surface area (Å²) in [5.74, 6) is -1.11. The second-order valence-corrected chi connectivity index (χ2v) is 11.1. The fourth-order valence-electron chi connectivity index (χ4n) is 3.54. The van der Waals surface area contributed by atoms with E-state index in [1.54, 1.807) is 24.3 Å². The van der Waals surface area contributed by atoms with E-state index in [4.69, 9.17) is 0 Å². The Hall–Kier alpha value is -3.31. The van der Waals surface area contributed by atoms with Crippen molar-refractivity contribution in [1.82, 2.24) is 4.41 Å². The van der Waals surface area contributed by atoms with E-state index in [2.05, 4.69) is 9.82 Å². The Kier molecular flexibility index (Phi) is 5.93. The lowest BCUT2D eigenvalue weighted by molar-refractivity contribution is 0.370. The molecule has 172 valence electrons. The molecule has 0 fully saturated rings. The highest BCUT2D eigenvalue weighted by Gasteiger charge is 2.38. The summed E-state index contributed by atoms with van der Waals surface area (Å²) >= 11 is 0. The van der Waals surface area contributed by atoms with Gasteiger partial charge in [0.1, 0.15) is 11.6 Å². The number of hydrogen-bond acceptors (Lipinski definition) is 5. The molecule has 1 atom stereocenters. The Morgan fingerprint density at radius 2 is 1.61 bits per heavy atom. The van der Waals surface area contributed by atoms with Crippen LogP contribution in [-0.2, 0) is 20.0 Å². The van der Waals surface area contributed by atoms with E-state index < -0.39 is 37.7 Å². The van der Waals surface area contributed by atoms with Crippen molar-refractivity contribution >= 4 is 31.4 Å². The summed E-state index contributed by atoms with van der Waals surface area (Å²) < 4.78 is 80.4. The van der Waals surface area contributed by atoms with Gasteiger partial charge in [-0.2, -0.15) is 17.9 Å². The number of nitrogens with one attached hydrogen (secondary N) is 1. The van der Waals surface area contributed by atoms with E-state index >= 15 is 0 Å². The van der Waals surface area contributed by atoms with Crippen molar-refractivity contribution in [3.05, 3.63) is 95.6 Å². The molecule has 11 heteroatoms. The van der Waals surface area contributed by atoms with E-state index in [9.17, 15) is 25.6 Å². The average Bonchev–Trinajstić information content (AvgIpc) is 3.20. The van der Waals surface area contributed by atoms with Crippen LogP contribution in [0.15, 0.2) is 82.8 Å². The zero-order valence-corrected chi connectivity index (χ0v) is 18.9. The molecule has 1 aliphatic rings. The van der Waals surface area contributed by atoms with Gasteiger partial charge in [-0.3, -0.25) is 4.72 Å². The molecule has 3 aromatic carbocycles. The van der Waals surface area contributed by atoms with Crippen LogP contribution in [0.5, 0.6) is 0 Å². The third-order valence-corrected chi connectivity index (χ3v) is 7.27. The Morgan fingerprint density at radius 3 is 2.27 bits per heavy atom. The Morgan fingerprint density at radius 1 is 0.909 bits per heavy atom. The summed E-state index contributed by atoms with van der Waals surface area (Å²) in [6.07, 6.45) is 1.13. The van der Waals surface area contributed by atoms with Crippen LogP contribution in [-0.4, -0.2) is 33.2 Å². The molecule has 1 N–H and O–H groups in total.